The average Bonchev–Trinajstić information content (AvgIpc) is 3.03. The van der Waals surface area contributed by atoms with Gasteiger partial charge in [-0.05, 0) is 47.5 Å². The van der Waals surface area contributed by atoms with Crippen LogP contribution in [-0.4, -0.2) is 127 Å². The maximum Gasteiger partial charge on any atom is 0.330 e. The first-order valence-electron chi connectivity index (χ1n) is 14.0. The second-order valence-electron chi connectivity index (χ2n) is 10.6. The van der Waals surface area contributed by atoms with E-state index < -0.39 is 98.1 Å². The van der Waals surface area contributed by atoms with Crippen molar-refractivity contribution in [1.82, 2.24) is 0 Å². The minimum atomic E-state index is -1.76. The first-order valence-corrected chi connectivity index (χ1v) is 14.0. The molecule has 0 radical (unpaired) electrons. The molecule has 6 aliphatic heterocycles. The summed E-state index contributed by atoms with van der Waals surface area (Å²) in [4.78, 5) is 24.7. The molecule has 0 spiro atoms. The van der Waals surface area contributed by atoms with Crippen molar-refractivity contribution in [2.45, 2.75) is 61.4 Å². The number of rotatable bonds is 0. The molecular formula is C30H32O16. The average molecular weight is 649 g/mol. The van der Waals surface area contributed by atoms with Gasteiger partial charge in [0, 0.05) is 12.2 Å². The third-order valence-electron chi connectivity index (χ3n) is 7.39. The molecule has 6 aliphatic rings. The van der Waals surface area contributed by atoms with Gasteiger partial charge < -0.3 is 69.3 Å². The van der Waals surface area contributed by atoms with Crippen molar-refractivity contribution in [1.29, 1.82) is 0 Å². The summed E-state index contributed by atoms with van der Waals surface area (Å²) < 4.78 is 32.3. The number of esters is 2. The molecule has 8 bridgehead atoms. The van der Waals surface area contributed by atoms with E-state index >= 15 is 0 Å². The molecule has 8 N–H and O–H groups in total. The molecular weight excluding hydrogens is 616 g/mol. The van der Waals surface area contributed by atoms with E-state index in [2.05, 4.69) is 0 Å². The highest BCUT2D eigenvalue weighted by molar-refractivity contribution is 5.87. The predicted octanol–water partition coefficient (Wildman–Crippen LogP) is -1.70. The minimum absolute atomic E-state index is 0.192. The fourth-order valence-corrected chi connectivity index (χ4v) is 4.78. The molecule has 16 nitrogen and oxygen atoms in total. The zero-order chi connectivity index (χ0) is 33.1. The van der Waals surface area contributed by atoms with Crippen LogP contribution >= 0.6 is 0 Å². The molecule has 0 aliphatic carbocycles. The molecule has 0 unspecified atom stereocenters. The molecule has 2 aromatic carbocycles. The molecule has 2 aromatic rings. The Balaban J connectivity index is 1.40. The van der Waals surface area contributed by atoms with Crippen LogP contribution < -0.4 is 9.47 Å². The van der Waals surface area contributed by atoms with E-state index in [1.54, 1.807) is 0 Å². The zero-order valence-electron chi connectivity index (χ0n) is 23.8. The molecule has 46 heavy (non-hydrogen) atoms. The molecule has 0 aromatic heterocycles. The topological polar surface area (TPSA) is 251 Å². The van der Waals surface area contributed by atoms with E-state index in [1.165, 1.54) is 48.6 Å². The Morgan fingerprint density at radius 1 is 0.522 bits per heavy atom. The van der Waals surface area contributed by atoms with Crippen molar-refractivity contribution in [3.63, 3.8) is 0 Å². The van der Waals surface area contributed by atoms with Gasteiger partial charge >= 0.3 is 11.9 Å². The van der Waals surface area contributed by atoms with Gasteiger partial charge in [0.1, 0.15) is 62.0 Å². The van der Waals surface area contributed by atoms with Crippen molar-refractivity contribution in [2.75, 3.05) is 13.2 Å². The fourth-order valence-electron chi connectivity index (χ4n) is 4.78. The van der Waals surface area contributed by atoms with Crippen molar-refractivity contribution < 1.29 is 78.9 Å². The monoisotopic (exact) mass is 648 g/mol. The highest BCUT2D eigenvalue weighted by Crippen LogP contribution is 2.33. The van der Waals surface area contributed by atoms with Crippen molar-refractivity contribution in [3.05, 3.63) is 59.7 Å². The lowest BCUT2D eigenvalue weighted by atomic mass is 9.99. The van der Waals surface area contributed by atoms with E-state index in [9.17, 15) is 50.4 Å². The van der Waals surface area contributed by atoms with Crippen LogP contribution in [0.1, 0.15) is 11.1 Å². The van der Waals surface area contributed by atoms with Crippen LogP contribution in [-0.2, 0) is 28.5 Å². The van der Waals surface area contributed by atoms with Crippen LogP contribution in [0.15, 0.2) is 48.6 Å². The fraction of sp³-hybridized carbons (Fsp3) is 0.400. The summed E-state index contributed by atoms with van der Waals surface area (Å²) >= 11 is 0. The Morgan fingerprint density at radius 3 is 1.28 bits per heavy atom. The second-order valence-corrected chi connectivity index (χ2v) is 10.6. The van der Waals surface area contributed by atoms with Gasteiger partial charge in [0.2, 0.25) is 12.6 Å². The highest BCUT2D eigenvalue weighted by Gasteiger charge is 2.47. The standard InChI is InChI=1S/C30H32O16/c31-15-9-13-1-5-17(15)43-29-27(39)25(37)23(35)19(45-29)12-42-22(34)8-4-14-2-6-18(16(32)10-14)44-30-28(40)26(38)24(36)20(46-30)11-41-21(33)7-3-13/h1-10,19-20,23-32,35-40H,11-12H2/b7-3-,8-4-/t19-,20-,23-,24-,25-,26+,27-,28-,29+,30+/m1/s1. The Kier molecular flexibility index (Phi) is 10.1. The van der Waals surface area contributed by atoms with E-state index in [-0.39, 0.29) is 11.5 Å². The maximum absolute atomic E-state index is 12.4. The summed E-state index contributed by atoms with van der Waals surface area (Å²) in [5.74, 6) is -3.07. The summed E-state index contributed by atoms with van der Waals surface area (Å²) in [5, 5.41) is 83.1. The molecule has 6 heterocycles. The number of benzene rings is 2. The van der Waals surface area contributed by atoms with Crippen LogP contribution in [0.4, 0.5) is 0 Å². The number of carbonyl (C=O) groups is 2. The Bertz CT molecular complexity index is 1370. The Hall–Kier alpha value is -4.26. The number of carbonyl (C=O) groups excluding carboxylic acids is 2. The lowest BCUT2D eigenvalue weighted by molar-refractivity contribution is -0.278. The van der Waals surface area contributed by atoms with Gasteiger partial charge in [-0.25, -0.2) is 9.59 Å². The van der Waals surface area contributed by atoms with Gasteiger partial charge in [-0.3, -0.25) is 0 Å². The molecule has 8 rings (SSSR count). The zero-order valence-corrected chi connectivity index (χ0v) is 23.8. The van der Waals surface area contributed by atoms with E-state index in [1.807, 2.05) is 0 Å². The molecule has 0 amide bonds. The van der Waals surface area contributed by atoms with Crippen LogP contribution in [0.5, 0.6) is 23.0 Å². The number of aromatic hydroxyl groups is 2. The van der Waals surface area contributed by atoms with Gasteiger partial charge in [0.15, 0.2) is 23.0 Å². The Morgan fingerprint density at radius 2 is 0.913 bits per heavy atom. The summed E-state index contributed by atoms with van der Waals surface area (Å²) in [6.45, 7) is -1.13. The first-order chi connectivity index (χ1) is 21.9. The smallest absolute Gasteiger partial charge is 0.330 e. The minimum Gasteiger partial charge on any atom is -0.504 e. The van der Waals surface area contributed by atoms with Gasteiger partial charge in [0.05, 0.1) is 0 Å². The molecule has 10 atom stereocenters. The van der Waals surface area contributed by atoms with E-state index in [4.69, 9.17) is 28.4 Å². The van der Waals surface area contributed by atoms with Crippen LogP contribution in [0, 0.1) is 0 Å². The van der Waals surface area contributed by atoms with E-state index in [0.717, 1.165) is 12.2 Å². The third-order valence-corrected chi connectivity index (χ3v) is 7.39. The number of hydrogen-bond donors (Lipinski definition) is 8. The largest absolute Gasteiger partial charge is 0.504 e. The number of phenols is 2. The SMILES string of the molecule is O=C1/C=C\c2ccc(c(O)c2)O[C@H]2O[C@H](COC(=O)/C=C\c3ccc(c(O)c3)O[C@H]3O[C@H](CO1)[C@@H](O)[C@H](O)[C@H]3O)[C@@H](O)[C@@H](O)[C@H]2O. The molecule has 2 fully saturated rings. The maximum atomic E-state index is 12.4. The van der Waals surface area contributed by atoms with Crippen molar-refractivity contribution >= 4 is 24.1 Å². The molecule has 0 saturated carbocycles. The van der Waals surface area contributed by atoms with Crippen LogP contribution in [0.2, 0.25) is 0 Å². The number of phenolic OH excluding ortho intramolecular Hbond substituents is 2. The van der Waals surface area contributed by atoms with Crippen molar-refractivity contribution in [3.8, 4) is 23.0 Å². The van der Waals surface area contributed by atoms with Crippen molar-refractivity contribution in [2.24, 2.45) is 0 Å². The number of aliphatic hydroxyl groups is 6. The predicted molar refractivity (Wildman–Crippen MR) is 151 cm³/mol. The van der Waals surface area contributed by atoms with Gasteiger partial charge in [-0.1, -0.05) is 12.1 Å². The lowest BCUT2D eigenvalue weighted by Gasteiger charge is -2.39. The van der Waals surface area contributed by atoms with Gasteiger partial charge in [-0.2, -0.15) is 0 Å². The van der Waals surface area contributed by atoms with Gasteiger partial charge in [-0.15, -0.1) is 0 Å². The number of aliphatic hydroxyl groups excluding tert-OH is 6. The van der Waals surface area contributed by atoms with Gasteiger partial charge in [0.25, 0.3) is 0 Å². The molecule has 248 valence electrons. The van der Waals surface area contributed by atoms with Crippen LogP contribution in [0.3, 0.4) is 0 Å². The van der Waals surface area contributed by atoms with E-state index in [0.29, 0.717) is 11.1 Å². The second kappa shape index (κ2) is 14.0. The summed E-state index contributed by atoms with van der Waals surface area (Å²) in [5.41, 5.74) is 0.599. The summed E-state index contributed by atoms with van der Waals surface area (Å²) in [6, 6.07) is 7.80. The third kappa shape index (κ3) is 7.41. The Labute approximate surface area is 260 Å². The number of hydrogen-bond acceptors (Lipinski definition) is 16. The number of ether oxygens (including phenoxy) is 6. The highest BCUT2D eigenvalue weighted by atomic mass is 16.7. The first kappa shape index (κ1) is 33.1. The summed E-state index contributed by atoms with van der Waals surface area (Å²) in [7, 11) is 0. The molecule has 2 saturated heterocycles. The summed E-state index contributed by atoms with van der Waals surface area (Å²) in [6.07, 6.45) is -11.7. The van der Waals surface area contributed by atoms with Crippen LogP contribution in [0.25, 0.3) is 12.2 Å². The quantitative estimate of drug-likeness (QED) is 0.148. The normalized spacial score (nSPS) is 35.3. The molecule has 16 heteroatoms. The lowest BCUT2D eigenvalue weighted by Crippen LogP contribution is -2.60.